The minimum Gasteiger partial charge on any atom is -0.392 e. The summed E-state index contributed by atoms with van der Waals surface area (Å²) in [6.45, 7) is 2.69. The van der Waals surface area contributed by atoms with Crippen molar-refractivity contribution in [2.75, 3.05) is 11.9 Å². The fraction of sp³-hybridized carbons (Fsp3) is 0.375. The van der Waals surface area contributed by atoms with Crippen molar-refractivity contribution in [2.45, 2.75) is 51.5 Å². The number of amides is 3. The number of aliphatic hydroxyl groups is 1. The van der Waals surface area contributed by atoms with Gasteiger partial charge in [0.2, 0.25) is 11.8 Å². The molecule has 1 saturated heterocycles. The van der Waals surface area contributed by atoms with Crippen LogP contribution in [0.25, 0.3) is 0 Å². The number of nitrogens with one attached hydrogen (secondary N) is 3. The van der Waals surface area contributed by atoms with E-state index in [1.807, 2.05) is 30.3 Å². The van der Waals surface area contributed by atoms with E-state index in [1.54, 1.807) is 4.90 Å². The zero-order valence-corrected chi connectivity index (χ0v) is 17.7. The summed E-state index contributed by atoms with van der Waals surface area (Å²) in [5.74, 6) is -0.834. The van der Waals surface area contributed by atoms with Crippen molar-refractivity contribution >= 4 is 23.4 Å². The molecule has 1 unspecified atom stereocenters. The van der Waals surface area contributed by atoms with Crippen LogP contribution in [-0.4, -0.2) is 40.3 Å². The number of piperidine rings is 1. The number of rotatable bonds is 5. The van der Waals surface area contributed by atoms with E-state index in [0.717, 1.165) is 41.9 Å². The Morgan fingerprint density at radius 1 is 1.09 bits per heavy atom. The molecule has 166 valence electrons. The number of hydrogen-bond acceptors (Lipinski definition) is 6. The van der Waals surface area contributed by atoms with Gasteiger partial charge in [-0.1, -0.05) is 18.2 Å². The molecule has 3 aliphatic rings. The van der Waals surface area contributed by atoms with E-state index < -0.39 is 11.9 Å². The standard InChI is InChI=1S/C24H26N4O4/c29-13-15-2-4-20(18-7-8-25-11-19(15)18)26-10-14-1-3-17-16(9-14)12-28(24(17)32)21-5-6-22(30)27-23(21)31/h1-4,9,21,25-26,29H,5-8,10-13H2,(H,27,30,31). The van der Waals surface area contributed by atoms with Crippen LogP contribution in [-0.2, 0) is 42.3 Å². The summed E-state index contributed by atoms with van der Waals surface area (Å²) in [6, 6.07) is 9.18. The first kappa shape index (κ1) is 20.7. The molecule has 3 heterocycles. The summed E-state index contributed by atoms with van der Waals surface area (Å²) in [7, 11) is 0. The second-order valence-corrected chi connectivity index (χ2v) is 8.56. The minimum absolute atomic E-state index is 0.0345. The predicted octanol–water partition coefficient (Wildman–Crippen LogP) is 1.20. The van der Waals surface area contributed by atoms with Gasteiger partial charge in [-0.15, -0.1) is 0 Å². The summed E-state index contributed by atoms with van der Waals surface area (Å²) in [4.78, 5) is 38.1. The summed E-state index contributed by atoms with van der Waals surface area (Å²) in [5, 5.41) is 18.8. The van der Waals surface area contributed by atoms with Crippen molar-refractivity contribution in [3.05, 3.63) is 63.7 Å². The van der Waals surface area contributed by atoms with Crippen LogP contribution in [0.1, 0.15) is 51.0 Å². The Kier molecular flexibility index (Phi) is 5.40. The van der Waals surface area contributed by atoms with Crippen molar-refractivity contribution in [2.24, 2.45) is 0 Å². The van der Waals surface area contributed by atoms with Crippen LogP contribution in [0.4, 0.5) is 5.69 Å². The number of aliphatic hydroxyl groups excluding tert-OH is 1. The smallest absolute Gasteiger partial charge is 0.255 e. The van der Waals surface area contributed by atoms with Gasteiger partial charge in [-0.05, 0) is 59.3 Å². The summed E-state index contributed by atoms with van der Waals surface area (Å²) in [6.07, 6.45) is 1.52. The van der Waals surface area contributed by atoms with Crippen LogP contribution >= 0.6 is 0 Å². The topological polar surface area (TPSA) is 111 Å². The first-order valence-electron chi connectivity index (χ1n) is 11.0. The molecule has 1 fully saturated rings. The molecular formula is C24H26N4O4. The number of benzene rings is 2. The third kappa shape index (κ3) is 3.65. The Morgan fingerprint density at radius 3 is 2.78 bits per heavy atom. The predicted molar refractivity (Wildman–Crippen MR) is 118 cm³/mol. The Balaban J connectivity index is 1.31. The summed E-state index contributed by atoms with van der Waals surface area (Å²) >= 11 is 0. The maximum absolute atomic E-state index is 12.9. The third-order valence-corrected chi connectivity index (χ3v) is 6.62. The quantitative estimate of drug-likeness (QED) is 0.527. The molecule has 8 nitrogen and oxygen atoms in total. The molecule has 2 aromatic carbocycles. The van der Waals surface area contributed by atoms with Crippen LogP contribution in [0.5, 0.6) is 0 Å². The number of nitrogens with zero attached hydrogens (tertiary/aromatic N) is 1. The molecule has 0 aromatic heterocycles. The maximum Gasteiger partial charge on any atom is 0.255 e. The van der Waals surface area contributed by atoms with Crippen LogP contribution in [0.15, 0.2) is 30.3 Å². The lowest BCUT2D eigenvalue weighted by Crippen LogP contribution is -2.52. The second-order valence-electron chi connectivity index (χ2n) is 8.56. The highest BCUT2D eigenvalue weighted by atomic mass is 16.3. The van der Waals surface area contributed by atoms with E-state index in [2.05, 4.69) is 16.0 Å². The molecule has 2 aromatic rings. The average molecular weight is 434 g/mol. The Hall–Kier alpha value is -3.23. The maximum atomic E-state index is 12.9. The Labute approximate surface area is 186 Å². The number of hydrogen-bond donors (Lipinski definition) is 4. The molecule has 32 heavy (non-hydrogen) atoms. The monoisotopic (exact) mass is 434 g/mol. The normalized spacial score (nSPS) is 20.1. The number of anilines is 1. The van der Waals surface area contributed by atoms with Crippen LogP contribution in [0, 0.1) is 0 Å². The molecule has 3 aliphatic heterocycles. The highest BCUT2D eigenvalue weighted by molar-refractivity contribution is 6.05. The van der Waals surface area contributed by atoms with Crippen molar-refractivity contribution in [3.63, 3.8) is 0 Å². The van der Waals surface area contributed by atoms with Gasteiger partial charge in [-0.25, -0.2) is 0 Å². The highest BCUT2D eigenvalue weighted by Gasteiger charge is 2.39. The van der Waals surface area contributed by atoms with Gasteiger partial charge < -0.3 is 20.6 Å². The van der Waals surface area contributed by atoms with Crippen LogP contribution in [0.3, 0.4) is 0 Å². The van der Waals surface area contributed by atoms with Gasteiger partial charge in [0.15, 0.2) is 0 Å². The van der Waals surface area contributed by atoms with E-state index in [-0.39, 0.29) is 24.8 Å². The lowest BCUT2D eigenvalue weighted by molar-refractivity contribution is -0.136. The lowest BCUT2D eigenvalue weighted by atomic mass is 9.94. The van der Waals surface area contributed by atoms with Gasteiger partial charge in [0, 0.05) is 37.3 Å². The summed E-state index contributed by atoms with van der Waals surface area (Å²) < 4.78 is 0. The molecule has 1 atom stereocenters. The largest absolute Gasteiger partial charge is 0.392 e. The number of carbonyl (C=O) groups excluding carboxylic acids is 3. The second kappa shape index (κ2) is 8.37. The molecule has 0 spiro atoms. The molecule has 0 bridgehead atoms. The SMILES string of the molecule is O=C1CCC(N2Cc3cc(CNc4ccc(CO)c5c4CCNC5)ccc3C2=O)C(=O)N1. The molecule has 0 aliphatic carbocycles. The minimum atomic E-state index is -0.598. The third-order valence-electron chi connectivity index (χ3n) is 6.62. The molecule has 4 N–H and O–H groups in total. The van der Waals surface area contributed by atoms with Gasteiger partial charge in [0.05, 0.1) is 6.61 Å². The summed E-state index contributed by atoms with van der Waals surface area (Å²) in [5.41, 5.74) is 7.02. The van der Waals surface area contributed by atoms with Crippen molar-refractivity contribution in [3.8, 4) is 0 Å². The zero-order chi connectivity index (χ0) is 22.2. The van der Waals surface area contributed by atoms with E-state index in [0.29, 0.717) is 25.1 Å². The van der Waals surface area contributed by atoms with Gasteiger partial charge >= 0.3 is 0 Å². The van der Waals surface area contributed by atoms with Crippen molar-refractivity contribution < 1.29 is 19.5 Å². The number of fused-ring (bicyclic) bond motifs is 2. The van der Waals surface area contributed by atoms with E-state index in [1.165, 1.54) is 11.1 Å². The lowest BCUT2D eigenvalue weighted by Gasteiger charge is -2.29. The van der Waals surface area contributed by atoms with Crippen molar-refractivity contribution in [1.29, 1.82) is 0 Å². The number of carbonyl (C=O) groups is 3. The van der Waals surface area contributed by atoms with Crippen LogP contribution < -0.4 is 16.0 Å². The molecular weight excluding hydrogens is 408 g/mol. The molecule has 3 amide bonds. The molecule has 8 heteroatoms. The molecule has 5 rings (SSSR count). The fourth-order valence-corrected chi connectivity index (χ4v) is 4.92. The Morgan fingerprint density at radius 2 is 1.97 bits per heavy atom. The fourth-order valence-electron chi connectivity index (χ4n) is 4.92. The van der Waals surface area contributed by atoms with Gasteiger partial charge in [-0.3, -0.25) is 19.7 Å². The average Bonchev–Trinajstić information content (AvgIpc) is 3.13. The zero-order valence-electron chi connectivity index (χ0n) is 17.7. The molecule has 0 radical (unpaired) electrons. The molecule has 0 saturated carbocycles. The van der Waals surface area contributed by atoms with Gasteiger partial charge in [0.1, 0.15) is 6.04 Å². The van der Waals surface area contributed by atoms with Crippen LogP contribution in [0.2, 0.25) is 0 Å². The first-order chi connectivity index (χ1) is 15.5. The number of imide groups is 1. The highest BCUT2D eigenvalue weighted by Crippen LogP contribution is 2.30. The van der Waals surface area contributed by atoms with Gasteiger partial charge in [-0.2, -0.15) is 0 Å². The van der Waals surface area contributed by atoms with E-state index >= 15 is 0 Å². The van der Waals surface area contributed by atoms with Crippen molar-refractivity contribution in [1.82, 2.24) is 15.5 Å². The van der Waals surface area contributed by atoms with E-state index in [9.17, 15) is 19.5 Å². The Bertz CT molecular complexity index is 1110. The first-order valence-corrected chi connectivity index (χ1v) is 11.0. The van der Waals surface area contributed by atoms with E-state index in [4.69, 9.17) is 0 Å². The van der Waals surface area contributed by atoms with Gasteiger partial charge in [0.25, 0.3) is 5.91 Å².